The molecule has 0 aliphatic carbocycles. The van der Waals surface area contributed by atoms with Crippen LogP contribution in [0, 0.1) is 0 Å². The fourth-order valence-corrected chi connectivity index (χ4v) is 2.28. The van der Waals surface area contributed by atoms with Gasteiger partial charge in [0.25, 0.3) is 5.43 Å². The molecule has 0 saturated carbocycles. The molecule has 1 heterocycles. The largest absolute Gasteiger partial charge is 0.503 e. The van der Waals surface area contributed by atoms with Gasteiger partial charge in [-0.1, -0.05) is 0 Å². The van der Waals surface area contributed by atoms with E-state index in [2.05, 4.69) is 0 Å². The first-order valence-electron chi connectivity index (χ1n) is 4.32. The van der Waals surface area contributed by atoms with E-state index in [0.717, 1.165) is 5.00 Å². The molecule has 0 bridgehead atoms. The Kier molecular flexibility index (Phi) is 2.12. The first kappa shape index (κ1) is 9.92. The summed E-state index contributed by atoms with van der Waals surface area (Å²) >= 11 is 1.37. The molecule has 5 heteroatoms. The highest BCUT2D eigenvalue weighted by atomic mass is 32.1. The topological polar surface area (TPSA) is 57.6 Å². The lowest BCUT2D eigenvalue weighted by atomic mass is 10.1. The van der Waals surface area contributed by atoms with E-state index >= 15 is 0 Å². The van der Waals surface area contributed by atoms with Crippen molar-refractivity contribution < 1.29 is 5.11 Å². The van der Waals surface area contributed by atoms with Crippen molar-refractivity contribution in [1.29, 1.82) is 0 Å². The summed E-state index contributed by atoms with van der Waals surface area (Å²) in [7, 11) is 3.77. The summed E-state index contributed by atoms with van der Waals surface area (Å²) in [6.07, 6.45) is 0. The molecule has 0 amide bonds. The zero-order chi connectivity index (χ0) is 11.2. The second kappa shape index (κ2) is 3.20. The van der Waals surface area contributed by atoms with E-state index in [-0.39, 0.29) is 5.56 Å². The monoisotopic (exact) mass is 223 g/mol. The lowest BCUT2D eigenvalue weighted by Gasteiger charge is -2.07. The van der Waals surface area contributed by atoms with Gasteiger partial charge in [-0.3, -0.25) is 9.59 Å². The highest BCUT2D eigenvalue weighted by Gasteiger charge is 2.22. The van der Waals surface area contributed by atoms with E-state index in [9.17, 15) is 14.7 Å². The summed E-state index contributed by atoms with van der Waals surface area (Å²) in [6, 6.07) is 3.58. The Labute approximate surface area is 89.7 Å². The molecule has 0 aliphatic rings. The van der Waals surface area contributed by atoms with Crippen molar-refractivity contribution in [2.45, 2.75) is 0 Å². The maximum atomic E-state index is 11.2. The summed E-state index contributed by atoms with van der Waals surface area (Å²) in [5.41, 5.74) is -1.23. The number of anilines is 1. The quantitative estimate of drug-likeness (QED) is 0.764. The number of aromatic hydroxyl groups is 1. The van der Waals surface area contributed by atoms with E-state index in [1.54, 1.807) is 6.07 Å². The van der Waals surface area contributed by atoms with Crippen LogP contribution in [0.4, 0.5) is 5.00 Å². The van der Waals surface area contributed by atoms with E-state index in [1.807, 2.05) is 25.1 Å². The third-order valence-corrected chi connectivity index (χ3v) is 3.43. The number of nitrogens with zero attached hydrogens (tertiary/aromatic N) is 1. The molecule has 0 aliphatic heterocycles. The summed E-state index contributed by atoms with van der Waals surface area (Å²) in [4.78, 5) is 24.5. The van der Waals surface area contributed by atoms with Crippen molar-refractivity contribution in [3.05, 3.63) is 32.6 Å². The van der Waals surface area contributed by atoms with Crippen molar-refractivity contribution >= 4 is 16.3 Å². The fourth-order valence-electron chi connectivity index (χ4n) is 1.31. The Morgan fingerprint density at radius 3 is 2.33 bits per heavy atom. The molecular weight excluding hydrogens is 214 g/mol. The molecule has 0 unspecified atom stereocenters. The predicted molar refractivity (Wildman–Crippen MR) is 60.7 cm³/mol. The van der Waals surface area contributed by atoms with Crippen LogP contribution in [0.5, 0.6) is 5.75 Å². The van der Waals surface area contributed by atoms with Gasteiger partial charge in [0, 0.05) is 19.0 Å². The second-order valence-electron chi connectivity index (χ2n) is 3.41. The third-order valence-electron chi connectivity index (χ3n) is 2.16. The molecule has 78 valence electrons. The zero-order valence-electron chi connectivity index (χ0n) is 8.27. The Bertz CT molecular complexity index is 575. The zero-order valence-corrected chi connectivity index (χ0v) is 9.09. The predicted octanol–water partition coefficient (Wildman–Crippen LogP) is 0.783. The number of rotatable bonds is 2. The molecule has 1 aromatic heterocycles. The van der Waals surface area contributed by atoms with Crippen LogP contribution in [-0.2, 0) is 0 Å². The van der Waals surface area contributed by atoms with Crippen LogP contribution in [-0.4, -0.2) is 19.2 Å². The standard InChI is InChI=1S/C10H9NO3S/c1-11(2)6-4-3-5(15-6)7-8(12)10(14)9(7)13/h3-4,12H,1-2H3. The van der Waals surface area contributed by atoms with Crippen molar-refractivity contribution in [2.75, 3.05) is 19.0 Å². The minimum absolute atomic E-state index is 0.151. The van der Waals surface area contributed by atoms with Gasteiger partial charge in [-0.05, 0) is 12.1 Å². The van der Waals surface area contributed by atoms with Crippen LogP contribution in [0.15, 0.2) is 21.7 Å². The van der Waals surface area contributed by atoms with Gasteiger partial charge < -0.3 is 10.0 Å². The van der Waals surface area contributed by atoms with Crippen LogP contribution >= 0.6 is 11.3 Å². The Morgan fingerprint density at radius 2 is 1.87 bits per heavy atom. The number of hydrogen-bond donors (Lipinski definition) is 1. The minimum atomic E-state index is -0.787. The lowest BCUT2D eigenvalue weighted by molar-refractivity contribution is 0.466. The van der Waals surface area contributed by atoms with Gasteiger partial charge >= 0.3 is 0 Å². The molecule has 2 aromatic rings. The number of hydrogen-bond acceptors (Lipinski definition) is 5. The van der Waals surface area contributed by atoms with Crippen molar-refractivity contribution in [1.82, 2.24) is 0 Å². The van der Waals surface area contributed by atoms with Gasteiger partial charge in [0.15, 0.2) is 5.75 Å². The molecule has 1 aromatic carbocycles. The second-order valence-corrected chi connectivity index (χ2v) is 4.48. The van der Waals surface area contributed by atoms with Gasteiger partial charge in [-0.15, -0.1) is 11.3 Å². The average Bonchev–Trinajstić information content (AvgIpc) is 2.66. The van der Waals surface area contributed by atoms with Crippen LogP contribution < -0.4 is 15.8 Å². The maximum absolute atomic E-state index is 11.2. The Hall–Kier alpha value is -1.62. The molecule has 0 spiro atoms. The molecule has 4 nitrogen and oxygen atoms in total. The summed E-state index contributed by atoms with van der Waals surface area (Å²) in [6.45, 7) is 0. The van der Waals surface area contributed by atoms with Gasteiger partial charge in [0.2, 0.25) is 5.43 Å². The summed E-state index contributed by atoms with van der Waals surface area (Å²) in [5.74, 6) is -0.410. The first-order chi connectivity index (χ1) is 7.02. The highest BCUT2D eigenvalue weighted by molar-refractivity contribution is 7.19. The van der Waals surface area contributed by atoms with Crippen molar-refractivity contribution in [2.24, 2.45) is 0 Å². The highest BCUT2D eigenvalue weighted by Crippen LogP contribution is 2.34. The minimum Gasteiger partial charge on any atom is -0.503 e. The van der Waals surface area contributed by atoms with Gasteiger partial charge in [-0.2, -0.15) is 0 Å². The summed E-state index contributed by atoms with van der Waals surface area (Å²) < 4.78 is 0. The van der Waals surface area contributed by atoms with Crippen LogP contribution in [0.3, 0.4) is 0 Å². The van der Waals surface area contributed by atoms with Crippen LogP contribution in [0.25, 0.3) is 10.4 Å². The average molecular weight is 223 g/mol. The van der Waals surface area contributed by atoms with E-state index in [0.29, 0.717) is 4.88 Å². The molecule has 0 saturated heterocycles. The smallest absolute Gasteiger partial charge is 0.268 e. The van der Waals surface area contributed by atoms with Crippen molar-refractivity contribution in [3.63, 3.8) is 0 Å². The Morgan fingerprint density at radius 1 is 1.20 bits per heavy atom. The maximum Gasteiger partial charge on any atom is 0.268 e. The van der Waals surface area contributed by atoms with E-state index in [4.69, 9.17) is 0 Å². The first-order valence-corrected chi connectivity index (χ1v) is 5.14. The Balaban J connectivity index is 2.48. The summed E-state index contributed by atoms with van der Waals surface area (Å²) in [5, 5.41) is 10.2. The molecule has 2 rings (SSSR count). The number of thiophene rings is 1. The molecule has 0 radical (unpaired) electrons. The SMILES string of the molecule is CN(C)c1ccc(-c2c(O)c(=O)c2=O)s1. The van der Waals surface area contributed by atoms with Crippen molar-refractivity contribution in [3.8, 4) is 16.2 Å². The molecule has 15 heavy (non-hydrogen) atoms. The molecule has 0 fully saturated rings. The molecular formula is C10H9NO3S. The van der Waals surface area contributed by atoms with Gasteiger partial charge in [-0.25, -0.2) is 0 Å². The van der Waals surface area contributed by atoms with E-state index < -0.39 is 16.6 Å². The molecule has 0 atom stereocenters. The van der Waals surface area contributed by atoms with E-state index in [1.165, 1.54) is 11.3 Å². The van der Waals surface area contributed by atoms with Crippen LogP contribution in [0.2, 0.25) is 0 Å². The van der Waals surface area contributed by atoms with Gasteiger partial charge in [0.1, 0.15) is 0 Å². The van der Waals surface area contributed by atoms with Crippen LogP contribution in [0.1, 0.15) is 0 Å². The van der Waals surface area contributed by atoms with Gasteiger partial charge in [0.05, 0.1) is 10.6 Å². The lowest BCUT2D eigenvalue weighted by Crippen LogP contribution is -2.31. The third kappa shape index (κ3) is 1.35. The fraction of sp³-hybridized carbons (Fsp3) is 0.200. The normalized spacial score (nSPS) is 10.8. The molecule has 1 N–H and O–H groups in total.